The van der Waals surface area contributed by atoms with E-state index in [4.69, 9.17) is 0 Å². The van der Waals surface area contributed by atoms with Crippen molar-refractivity contribution in [3.63, 3.8) is 0 Å². The molecule has 2 aromatic rings. The maximum absolute atomic E-state index is 11.9. The van der Waals surface area contributed by atoms with E-state index >= 15 is 0 Å². The van der Waals surface area contributed by atoms with Crippen LogP contribution in [0.25, 0.3) is 11.3 Å². The molecule has 1 heterocycles. The van der Waals surface area contributed by atoms with Gasteiger partial charge in [-0.25, -0.2) is 10.5 Å². The van der Waals surface area contributed by atoms with Gasteiger partial charge in [0.05, 0.1) is 16.9 Å². The molecular weight excluding hydrogens is 187 g/mol. The highest BCUT2D eigenvalue weighted by molar-refractivity contribution is 7.07. The van der Waals surface area contributed by atoms with E-state index in [1.165, 1.54) is 0 Å². The monoisotopic (exact) mass is 194 g/mol. The Bertz CT molecular complexity index is 369. The van der Waals surface area contributed by atoms with Gasteiger partial charge in [0.25, 0.3) is 0 Å². The van der Waals surface area contributed by atoms with E-state index in [1.54, 1.807) is 34.5 Å². The summed E-state index contributed by atoms with van der Waals surface area (Å²) in [5.41, 5.74) is 5.74. The van der Waals surface area contributed by atoms with Gasteiger partial charge in [0.1, 0.15) is 0 Å². The number of thiazole rings is 1. The largest absolute Gasteiger partial charge is 0.245 e. The van der Waals surface area contributed by atoms with Crippen LogP contribution in [-0.4, -0.2) is 4.98 Å². The summed E-state index contributed by atoms with van der Waals surface area (Å²) in [6, 6.07) is 7.01. The minimum atomic E-state index is 0.457. The molecule has 0 bridgehead atoms. The molecule has 0 saturated carbocycles. The quantitative estimate of drug-likeness (QED) is 0.743. The molecule has 2 nitrogen and oxygen atoms in total. The average molecular weight is 194 g/mol. The van der Waals surface area contributed by atoms with Crippen LogP contribution in [0.15, 0.2) is 35.2 Å². The van der Waals surface area contributed by atoms with Gasteiger partial charge < -0.3 is 0 Å². The van der Waals surface area contributed by atoms with Crippen LogP contribution in [0.4, 0.5) is 10.2 Å². The highest BCUT2D eigenvalue weighted by Crippen LogP contribution is 2.20. The lowest BCUT2D eigenvalue weighted by Gasteiger charge is -1.98. The summed E-state index contributed by atoms with van der Waals surface area (Å²) in [4.78, 5) is 4.15. The maximum Gasteiger partial charge on any atom is 0.0811 e. The second-order valence-electron chi connectivity index (χ2n) is 2.55. The first-order valence-corrected chi connectivity index (χ1v) is 4.70. The molecule has 0 aliphatic heterocycles. The van der Waals surface area contributed by atoms with Crippen molar-refractivity contribution in [3.8, 4) is 11.3 Å². The second kappa shape index (κ2) is 3.53. The van der Waals surface area contributed by atoms with E-state index in [0.29, 0.717) is 5.69 Å². The highest BCUT2D eigenvalue weighted by Gasteiger charge is 1.98. The Morgan fingerprint density at radius 1 is 1.23 bits per heavy atom. The Hall–Kier alpha value is -1.42. The van der Waals surface area contributed by atoms with Gasteiger partial charge in [0.2, 0.25) is 0 Å². The highest BCUT2D eigenvalue weighted by atomic mass is 32.1. The molecule has 0 radical (unpaired) electrons. The summed E-state index contributed by atoms with van der Waals surface area (Å²) >= 11 is 1.54. The zero-order valence-electron chi connectivity index (χ0n) is 6.70. The van der Waals surface area contributed by atoms with E-state index in [9.17, 15) is 4.48 Å². The molecule has 0 spiro atoms. The van der Waals surface area contributed by atoms with Crippen molar-refractivity contribution in [1.29, 1.82) is 0 Å². The molecule has 1 N–H and O–H groups in total. The van der Waals surface area contributed by atoms with E-state index in [1.807, 2.05) is 17.5 Å². The smallest absolute Gasteiger partial charge is 0.0811 e. The third-order valence-electron chi connectivity index (χ3n) is 1.72. The molecule has 1 aromatic heterocycles. The van der Waals surface area contributed by atoms with Crippen LogP contribution in [0.3, 0.4) is 0 Å². The fraction of sp³-hybridized carbons (Fsp3) is 0. The average Bonchev–Trinajstić information content (AvgIpc) is 2.71. The van der Waals surface area contributed by atoms with Crippen LogP contribution >= 0.6 is 11.3 Å². The number of nitrogens with zero attached hydrogens (tertiary/aromatic N) is 1. The third-order valence-corrected chi connectivity index (χ3v) is 2.31. The Morgan fingerprint density at radius 2 is 2.00 bits per heavy atom. The summed E-state index contributed by atoms with van der Waals surface area (Å²) in [7, 11) is 0. The molecule has 1 aromatic carbocycles. The number of nitrogens with one attached hydrogen (secondary N) is 1. The lowest BCUT2D eigenvalue weighted by atomic mass is 10.1. The van der Waals surface area contributed by atoms with Crippen molar-refractivity contribution in [3.05, 3.63) is 35.2 Å². The fourth-order valence-electron chi connectivity index (χ4n) is 1.06. The van der Waals surface area contributed by atoms with Gasteiger partial charge in [0, 0.05) is 10.9 Å². The summed E-state index contributed by atoms with van der Waals surface area (Å²) in [6.07, 6.45) is 0. The van der Waals surface area contributed by atoms with E-state index in [2.05, 4.69) is 4.98 Å². The zero-order valence-corrected chi connectivity index (χ0v) is 7.51. The minimum absolute atomic E-state index is 0.457. The standard InChI is InChI=1S/C9H7FN2S/c10-12-8-3-1-7(2-4-8)9-5-13-6-11-9/h1-6,12H. The third kappa shape index (κ3) is 1.67. The van der Waals surface area contributed by atoms with Crippen molar-refractivity contribution in [2.75, 3.05) is 5.54 Å². The van der Waals surface area contributed by atoms with Crippen LogP contribution in [0.5, 0.6) is 0 Å². The minimum Gasteiger partial charge on any atom is -0.245 e. The van der Waals surface area contributed by atoms with Crippen molar-refractivity contribution in [1.82, 2.24) is 4.98 Å². The predicted octanol–water partition coefficient (Wildman–Crippen LogP) is 3.11. The number of aromatic nitrogens is 1. The topological polar surface area (TPSA) is 24.9 Å². The first-order chi connectivity index (χ1) is 6.40. The molecule has 0 aliphatic carbocycles. The summed E-state index contributed by atoms with van der Waals surface area (Å²) in [5.74, 6) is 0. The molecule has 13 heavy (non-hydrogen) atoms. The maximum atomic E-state index is 11.9. The number of hydrogen-bond donors (Lipinski definition) is 1. The Morgan fingerprint density at radius 3 is 2.54 bits per heavy atom. The summed E-state index contributed by atoms with van der Waals surface area (Å²) < 4.78 is 11.9. The molecule has 0 fully saturated rings. The molecule has 0 unspecified atom stereocenters. The van der Waals surface area contributed by atoms with E-state index in [0.717, 1.165) is 11.3 Å². The van der Waals surface area contributed by atoms with Crippen molar-refractivity contribution in [2.45, 2.75) is 0 Å². The number of anilines is 1. The van der Waals surface area contributed by atoms with Gasteiger partial charge in [-0.15, -0.1) is 15.8 Å². The molecule has 0 aliphatic rings. The molecular formula is C9H7FN2S. The predicted molar refractivity (Wildman–Crippen MR) is 52.3 cm³/mol. The van der Waals surface area contributed by atoms with Gasteiger partial charge in [-0.05, 0) is 12.1 Å². The Kier molecular flexibility index (Phi) is 2.23. The summed E-state index contributed by atoms with van der Waals surface area (Å²) in [6.45, 7) is 0. The second-order valence-corrected chi connectivity index (χ2v) is 3.26. The van der Waals surface area contributed by atoms with Crippen LogP contribution in [0.1, 0.15) is 0 Å². The molecule has 0 saturated heterocycles. The van der Waals surface area contributed by atoms with Gasteiger partial charge >= 0.3 is 0 Å². The van der Waals surface area contributed by atoms with Crippen LogP contribution in [-0.2, 0) is 0 Å². The van der Waals surface area contributed by atoms with Gasteiger partial charge in [0.15, 0.2) is 0 Å². The van der Waals surface area contributed by atoms with Crippen molar-refractivity contribution < 1.29 is 4.48 Å². The van der Waals surface area contributed by atoms with Gasteiger partial charge in [-0.3, -0.25) is 0 Å². The van der Waals surface area contributed by atoms with Gasteiger partial charge in [-0.2, -0.15) is 0 Å². The van der Waals surface area contributed by atoms with E-state index in [-0.39, 0.29) is 0 Å². The van der Waals surface area contributed by atoms with Gasteiger partial charge in [-0.1, -0.05) is 12.1 Å². The molecule has 66 valence electrons. The molecule has 0 amide bonds. The zero-order chi connectivity index (χ0) is 9.10. The molecule has 0 atom stereocenters. The number of rotatable bonds is 2. The summed E-state index contributed by atoms with van der Waals surface area (Å²) in [5, 5.41) is 1.96. The van der Waals surface area contributed by atoms with E-state index < -0.39 is 0 Å². The van der Waals surface area contributed by atoms with Crippen LogP contribution in [0.2, 0.25) is 0 Å². The Balaban J connectivity index is 2.33. The first-order valence-electron chi connectivity index (χ1n) is 3.75. The first kappa shape index (κ1) is 8.19. The lowest BCUT2D eigenvalue weighted by molar-refractivity contribution is 0.618. The lowest BCUT2D eigenvalue weighted by Crippen LogP contribution is -1.81. The van der Waals surface area contributed by atoms with Crippen molar-refractivity contribution in [2.24, 2.45) is 0 Å². The number of hydrogen-bond acceptors (Lipinski definition) is 3. The Labute approximate surface area is 79.0 Å². The normalized spacial score (nSPS) is 9.92. The molecule has 4 heteroatoms. The van der Waals surface area contributed by atoms with Crippen molar-refractivity contribution >= 4 is 17.0 Å². The number of benzene rings is 1. The SMILES string of the molecule is FNc1ccc(-c2cscn2)cc1. The molecule has 2 rings (SSSR count). The van der Waals surface area contributed by atoms with Crippen LogP contribution < -0.4 is 5.54 Å². The number of halogens is 1. The van der Waals surface area contributed by atoms with Crippen LogP contribution in [0, 0.1) is 0 Å². The fourth-order valence-corrected chi connectivity index (χ4v) is 1.62.